The second-order valence-corrected chi connectivity index (χ2v) is 4.46. The van der Waals surface area contributed by atoms with E-state index >= 15 is 0 Å². The van der Waals surface area contributed by atoms with Crippen molar-refractivity contribution in [2.75, 3.05) is 11.9 Å². The SMILES string of the molecule is CCCC(CN)Nc1cnn(C)c(=O)c1Br. The molecule has 0 fully saturated rings. The van der Waals surface area contributed by atoms with Gasteiger partial charge in [-0.15, -0.1) is 0 Å². The van der Waals surface area contributed by atoms with Gasteiger partial charge in [0.1, 0.15) is 4.47 Å². The standard InChI is InChI=1S/C10H17BrN4O/c1-3-4-7(5-12)14-8-6-13-15(2)10(16)9(8)11/h6-7,14H,3-5,12H2,1-2H3. The minimum atomic E-state index is -0.155. The zero-order valence-corrected chi connectivity index (χ0v) is 11.1. The second-order valence-electron chi connectivity index (χ2n) is 3.67. The smallest absolute Gasteiger partial charge is 0.282 e. The molecule has 5 nitrogen and oxygen atoms in total. The maximum atomic E-state index is 11.6. The lowest BCUT2D eigenvalue weighted by Crippen LogP contribution is -2.30. The van der Waals surface area contributed by atoms with Crippen molar-refractivity contribution < 1.29 is 0 Å². The third-order valence-electron chi connectivity index (χ3n) is 2.36. The third kappa shape index (κ3) is 3.05. The van der Waals surface area contributed by atoms with Crippen molar-refractivity contribution in [3.8, 4) is 0 Å². The number of aryl methyl sites for hydroxylation is 1. The fraction of sp³-hybridized carbons (Fsp3) is 0.600. The molecule has 0 aliphatic heterocycles. The summed E-state index contributed by atoms with van der Waals surface area (Å²) in [6.45, 7) is 2.64. The highest BCUT2D eigenvalue weighted by Gasteiger charge is 2.10. The first-order valence-electron chi connectivity index (χ1n) is 5.28. The molecule has 0 amide bonds. The van der Waals surface area contributed by atoms with Crippen molar-refractivity contribution in [3.63, 3.8) is 0 Å². The Labute approximate surface area is 103 Å². The topological polar surface area (TPSA) is 72.9 Å². The molecule has 0 saturated carbocycles. The summed E-state index contributed by atoms with van der Waals surface area (Å²) in [5.41, 5.74) is 6.19. The van der Waals surface area contributed by atoms with Crippen LogP contribution in [0.15, 0.2) is 15.5 Å². The van der Waals surface area contributed by atoms with Crippen molar-refractivity contribution >= 4 is 21.6 Å². The Kier molecular flexibility index (Phi) is 4.95. The van der Waals surface area contributed by atoms with Crippen LogP contribution in [0.5, 0.6) is 0 Å². The second kappa shape index (κ2) is 6.00. The van der Waals surface area contributed by atoms with Gasteiger partial charge in [-0.25, -0.2) is 4.68 Å². The number of halogens is 1. The van der Waals surface area contributed by atoms with Crippen molar-refractivity contribution in [1.29, 1.82) is 0 Å². The summed E-state index contributed by atoms with van der Waals surface area (Å²) in [4.78, 5) is 11.6. The minimum Gasteiger partial charge on any atom is -0.379 e. The van der Waals surface area contributed by atoms with Crippen LogP contribution in [0.4, 0.5) is 5.69 Å². The van der Waals surface area contributed by atoms with Crippen molar-refractivity contribution in [3.05, 3.63) is 21.0 Å². The van der Waals surface area contributed by atoms with Crippen molar-refractivity contribution in [2.45, 2.75) is 25.8 Å². The van der Waals surface area contributed by atoms with Gasteiger partial charge in [0.05, 0.1) is 11.9 Å². The number of rotatable bonds is 5. The van der Waals surface area contributed by atoms with Crippen LogP contribution in [-0.4, -0.2) is 22.4 Å². The largest absolute Gasteiger partial charge is 0.379 e. The van der Waals surface area contributed by atoms with E-state index in [0.29, 0.717) is 16.7 Å². The van der Waals surface area contributed by atoms with Crippen LogP contribution in [0.1, 0.15) is 19.8 Å². The lowest BCUT2D eigenvalue weighted by molar-refractivity contribution is 0.643. The fourth-order valence-corrected chi connectivity index (χ4v) is 1.90. The normalized spacial score (nSPS) is 12.5. The molecule has 0 saturated heterocycles. The molecule has 1 unspecified atom stereocenters. The number of hydrogen-bond acceptors (Lipinski definition) is 4. The van der Waals surface area contributed by atoms with Crippen LogP contribution in [0.2, 0.25) is 0 Å². The van der Waals surface area contributed by atoms with Gasteiger partial charge in [-0.3, -0.25) is 4.79 Å². The first kappa shape index (κ1) is 13.2. The summed E-state index contributed by atoms with van der Waals surface area (Å²) in [5, 5.41) is 7.18. The Morgan fingerprint density at radius 2 is 2.38 bits per heavy atom. The molecule has 1 aromatic heterocycles. The van der Waals surface area contributed by atoms with Crippen LogP contribution >= 0.6 is 15.9 Å². The molecule has 0 aromatic carbocycles. The molecule has 1 rings (SSSR count). The highest BCUT2D eigenvalue weighted by Crippen LogP contribution is 2.17. The molecule has 1 atom stereocenters. The lowest BCUT2D eigenvalue weighted by atomic mass is 10.1. The summed E-state index contributed by atoms with van der Waals surface area (Å²) in [5.74, 6) is 0. The van der Waals surface area contributed by atoms with Gasteiger partial charge in [0.25, 0.3) is 5.56 Å². The molecule has 0 radical (unpaired) electrons. The highest BCUT2D eigenvalue weighted by atomic mass is 79.9. The van der Waals surface area contributed by atoms with Gasteiger partial charge < -0.3 is 11.1 Å². The third-order valence-corrected chi connectivity index (χ3v) is 3.13. The molecule has 90 valence electrons. The molecular weight excluding hydrogens is 272 g/mol. The fourth-order valence-electron chi connectivity index (χ4n) is 1.43. The Bertz CT molecular complexity index is 404. The van der Waals surface area contributed by atoms with E-state index in [4.69, 9.17) is 5.73 Å². The average molecular weight is 289 g/mol. The number of nitrogens with two attached hydrogens (primary N) is 1. The van der Waals surface area contributed by atoms with Gasteiger partial charge in [0, 0.05) is 19.6 Å². The van der Waals surface area contributed by atoms with E-state index in [-0.39, 0.29) is 11.6 Å². The molecule has 0 bridgehead atoms. The number of nitrogens with zero attached hydrogens (tertiary/aromatic N) is 2. The highest BCUT2D eigenvalue weighted by molar-refractivity contribution is 9.10. The molecule has 6 heteroatoms. The van der Waals surface area contributed by atoms with E-state index < -0.39 is 0 Å². The molecule has 3 N–H and O–H groups in total. The molecule has 1 heterocycles. The van der Waals surface area contributed by atoms with E-state index in [1.807, 2.05) is 0 Å². The molecule has 0 aliphatic carbocycles. The monoisotopic (exact) mass is 288 g/mol. The van der Waals surface area contributed by atoms with Gasteiger partial charge in [-0.2, -0.15) is 5.10 Å². The van der Waals surface area contributed by atoms with Crippen molar-refractivity contribution in [1.82, 2.24) is 9.78 Å². The lowest BCUT2D eigenvalue weighted by Gasteiger charge is -2.17. The number of aromatic nitrogens is 2. The van der Waals surface area contributed by atoms with Gasteiger partial charge in [-0.05, 0) is 22.4 Å². The van der Waals surface area contributed by atoms with E-state index in [9.17, 15) is 4.79 Å². The zero-order valence-electron chi connectivity index (χ0n) is 9.53. The Balaban J connectivity index is 2.89. The predicted octanol–water partition coefficient (Wildman–Crippen LogP) is 1.08. The Morgan fingerprint density at radius 3 is 2.94 bits per heavy atom. The summed E-state index contributed by atoms with van der Waals surface area (Å²) in [6, 6.07) is 0.176. The summed E-state index contributed by atoms with van der Waals surface area (Å²) in [7, 11) is 1.61. The number of anilines is 1. The number of hydrogen-bond donors (Lipinski definition) is 2. The average Bonchev–Trinajstić information content (AvgIpc) is 2.29. The summed E-state index contributed by atoms with van der Waals surface area (Å²) < 4.78 is 1.78. The van der Waals surface area contributed by atoms with Gasteiger partial charge in [0.2, 0.25) is 0 Å². The van der Waals surface area contributed by atoms with E-state index in [1.54, 1.807) is 13.2 Å². The van der Waals surface area contributed by atoms with Crippen LogP contribution in [0.3, 0.4) is 0 Å². The molecule has 16 heavy (non-hydrogen) atoms. The van der Waals surface area contributed by atoms with Crippen molar-refractivity contribution in [2.24, 2.45) is 12.8 Å². The van der Waals surface area contributed by atoms with E-state index in [2.05, 4.69) is 33.3 Å². The van der Waals surface area contributed by atoms with Gasteiger partial charge in [-0.1, -0.05) is 13.3 Å². The molecule has 0 aliphatic rings. The van der Waals surface area contributed by atoms with E-state index in [1.165, 1.54) is 4.68 Å². The first-order valence-corrected chi connectivity index (χ1v) is 6.07. The Morgan fingerprint density at radius 1 is 1.69 bits per heavy atom. The van der Waals surface area contributed by atoms with E-state index in [0.717, 1.165) is 12.8 Å². The van der Waals surface area contributed by atoms with Crippen LogP contribution in [0, 0.1) is 0 Å². The van der Waals surface area contributed by atoms with Gasteiger partial charge in [0.15, 0.2) is 0 Å². The first-order chi connectivity index (χ1) is 7.60. The quantitative estimate of drug-likeness (QED) is 0.851. The van der Waals surface area contributed by atoms with Gasteiger partial charge >= 0.3 is 0 Å². The Hall–Kier alpha value is -0.880. The molecule has 1 aromatic rings. The number of nitrogens with one attached hydrogen (secondary N) is 1. The molecular formula is C10H17BrN4O. The maximum Gasteiger partial charge on any atom is 0.282 e. The zero-order chi connectivity index (χ0) is 12.1. The summed E-state index contributed by atoms with van der Waals surface area (Å²) >= 11 is 3.26. The summed E-state index contributed by atoms with van der Waals surface area (Å²) in [6.07, 6.45) is 3.65. The van der Waals surface area contributed by atoms with Crippen LogP contribution in [0.25, 0.3) is 0 Å². The predicted molar refractivity (Wildman–Crippen MR) is 68.6 cm³/mol. The molecule has 0 spiro atoms. The maximum absolute atomic E-state index is 11.6. The minimum absolute atomic E-state index is 0.155. The van der Waals surface area contributed by atoms with Crippen LogP contribution < -0.4 is 16.6 Å². The van der Waals surface area contributed by atoms with Crippen LogP contribution in [-0.2, 0) is 7.05 Å².